The molecule has 1 unspecified atom stereocenters. The summed E-state index contributed by atoms with van der Waals surface area (Å²) in [4.78, 5) is 11.9. The molecule has 3 rings (SSSR count). The first-order valence-corrected chi connectivity index (χ1v) is 6.94. The van der Waals surface area contributed by atoms with E-state index in [2.05, 4.69) is 35.8 Å². The summed E-state index contributed by atoms with van der Waals surface area (Å²) in [5.74, 6) is 0.0811. The van der Waals surface area contributed by atoms with Gasteiger partial charge in [0.2, 0.25) is 5.91 Å². The smallest absolute Gasteiger partial charge is 0.224 e. The number of amides is 1. The lowest BCUT2D eigenvalue weighted by atomic mass is 9.99. The quantitative estimate of drug-likeness (QED) is 0.822. The summed E-state index contributed by atoms with van der Waals surface area (Å²) in [6, 6.07) is 16.5. The van der Waals surface area contributed by atoms with E-state index in [4.69, 9.17) is 0 Å². The van der Waals surface area contributed by atoms with E-state index in [1.807, 2.05) is 30.3 Å². The fraction of sp³-hybridized carbons (Fsp3) is 0.235. The molecule has 0 radical (unpaired) electrons. The van der Waals surface area contributed by atoms with Gasteiger partial charge in [-0.05, 0) is 36.6 Å². The molecule has 1 aliphatic heterocycles. The van der Waals surface area contributed by atoms with Crippen LogP contribution in [0.1, 0.15) is 30.0 Å². The minimum Gasteiger partial charge on any atom is -0.377 e. The van der Waals surface area contributed by atoms with E-state index in [0.29, 0.717) is 6.42 Å². The number of carbonyl (C=O) groups excluding carboxylic acids is 1. The maximum Gasteiger partial charge on any atom is 0.224 e. The lowest BCUT2D eigenvalue weighted by Crippen LogP contribution is -2.21. The Hall–Kier alpha value is -2.29. The molecule has 3 nitrogen and oxygen atoms in total. The van der Waals surface area contributed by atoms with Crippen molar-refractivity contribution in [1.29, 1.82) is 0 Å². The van der Waals surface area contributed by atoms with E-state index in [0.717, 1.165) is 17.8 Å². The fourth-order valence-corrected chi connectivity index (χ4v) is 2.57. The molecule has 2 N–H and O–H groups in total. The second-order valence-electron chi connectivity index (χ2n) is 5.24. The van der Waals surface area contributed by atoms with Gasteiger partial charge in [0.25, 0.3) is 0 Å². The van der Waals surface area contributed by atoms with Crippen molar-refractivity contribution in [3.05, 3.63) is 59.7 Å². The van der Waals surface area contributed by atoms with Crippen molar-refractivity contribution >= 4 is 17.3 Å². The van der Waals surface area contributed by atoms with Crippen LogP contribution >= 0.6 is 0 Å². The standard InChI is InChI=1S/C17H18N2O/c1-12-7-8-15-16(11-12)18-14(9-10-17(20)19-15)13-5-3-2-4-6-13/h2-8,11,14,18H,9-10H2,1H3,(H,19,20). The fourth-order valence-electron chi connectivity index (χ4n) is 2.57. The lowest BCUT2D eigenvalue weighted by molar-refractivity contribution is -0.116. The molecular weight excluding hydrogens is 248 g/mol. The summed E-state index contributed by atoms with van der Waals surface area (Å²) in [7, 11) is 0. The highest BCUT2D eigenvalue weighted by Crippen LogP contribution is 2.32. The summed E-state index contributed by atoms with van der Waals surface area (Å²) < 4.78 is 0. The zero-order chi connectivity index (χ0) is 13.9. The minimum absolute atomic E-state index is 0.0811. The van der Waals surface area contributed by atoms with Crippen molar-refractivity contribution in [2.45, 2.75) is 25.8 Å². The molecule has 0 aliphatic carbocycles. The van der Waals surface area contributed by atoms with Crippen LogP contribution in [0.3, 0.4) is 0 Å². The third-order valence-electron chi connectivity index (χ3n) is 3.64. The third kappa shape index (κ3) is 2.67. The van der Waals surface area contributed by atoms with Crippen LogP contribution in [0.15, 0.2) is 48.5 Å². The van der Waals surface area contributed by atoms with Crippen molar-refractivity contribution in [3.63, 3.8) is 0 Å². The monoisotopic (exact) mass is 266 g/mol. The Kier molecular flexibility index (Phi) is 3.42. The summed E-state index contributed by atoms with van der Waals surface area (Å²) in [6.45, 7) is 2.06. The second-order valence-corrected chi connectivity index (χ2v) is 5.24. The van der Waals surface area contributed by atoms with Crippen LogP contribution in [0.4, 0.5) is 11.4 Å². The number of aryl methyl sites for hydroxylation is 1. The van der Waals surface area contributed by atoms with Crippen molar-refractivity contribution in [3.8, 4) is 0 Å². The first-order valence-electron chi connectivity index (χ1n) is 6.94. The molecule has 0 spiro atoms. The summed E-state index contributed by atoms with van der Waals surface area (Å²) in [5.41, 5.74) is 4.25. The molecule has 1 aliphatic rings. The Labute approximate surface area is 119 Å². The number of carbonyl (C=O) groups is 1. The van der Waals surface area contributed by atoms with E-state index >= 15 is 0 Å². The third-order valence-corrected chi connectivity index (χ3v) is 3.64. The van der Waals surface area contributed by atoms with Gasteiger partial charge in [0.1, 0.15) is 0 Å². The predicted molar refractivity (Wildman–Crippen MR) is 81.8 cm³/mol. The van der Waals surface area contributed by atoms with E-state index in [1.54, 1.807) is 0 Å². The van der Waals surface area contributed by atoms with Gasteiger partial charge in [-0.2, -0.15) is 0 Å². The van der Waals surface area contributed by atoms with Crippen LogP contribution in [-0.2, 0) is 4.79 Å². The van der Waals surface area contributed by atoms with Gasteiger partial charge in [-0.25, -0.2) is 0 Å². The molecule has 0 fully saturated rings. The molecule has 20 heavy (non-hydrogen) atoms. The van der Waals surface area contributed by atoms with Gasteiger partial charge < -0.3 is 10.6 Å². The van der Waals surface area contributed by atoms with Gasteiger partial charge in [0, 0.05) is 6.42 Å². The Bertz CT molecular complexity index is 622. The highest BCUT2D eigenvalue weighted by Gasteiger charge is 2.19. The molecule has 0 bridgehead atoms. The molecule has 3 heteroatoms. The minimum atomic E-state index is 0.0811. The van der Waals surface area contributed by atoms with E-state index in [1.165, 1.54) is 11.1 Å². The first kappa shape index (κ1) is 12.7. The second kappa shape index (κ2) is 5.37. The SMILES string of the molecule is Cc1ccc2c(c1)NC(c1ccccc1)CCC(=O)N2. The Balaban J connectivity index is 1.98. The zero-order valence-corrected chi connectivity index (χ0v) is 11.5. The van der Waals surface area contributed by atoms with Gasteiger partial charge in [-0.15, -0.1) is 0 Å². The van der Waals surface area contributed by atoms with Crippen LogP contribution in [0.5, 0.6) is 0 Å². The topological polar surface area (TPSA) is 41.1 Å². The van der Waals surface area contributed by atoms with Gasteiger partial charge in [0.15, 0.2) is 0 Å². The molecule has 102 valence electrons. The maximum atomic E-state index is 11.9. The van der Waals surface area contributed by atoms with Gasteiger partial charge in [-0.3, -0.25) is 4.79 Å². The number of hydrogen-bond acceptors (Lipinski definition) is 2. The number of nitrogens with one attached hydrogen (secondary N) is 2. The molecule has 1 amide bonds. The van der Waals surface area contributed by atoms with E-state index in [9.17, 15) is 4.79 Å². The average molecular weight is 266 g/mol. The van der Waals surface area contributed by atoms with Gasteiger partial charge >= 0.3 is 0 Å². The largest absolute Gasteiger partial charge is 0.377 e. The predicted octanol–water partition coefficient (Wildman–Crippen LogP) is 3.88. The molecule has 2 aromatic rings. The Morgan fingerprint density at radius 2 is 1.85 bits per heavy atom. The summed E-state index contributed by atoms with van der Waals surface area (Å²) in [6.07, 6.45) is 1.32. The molecule has 0 aromatic heterocycles. The van der Waals surface area contributed by atoms with Crippen LogP contribution in [0.2, 0.25) is 0 Å². The van der Waals surface area contributed by atoms with Crippen molar-refractivity contribution in [1.82, 2.24) is 0 Å². The highest BCUT2D eigenvalue weighted by molar-refractivity contribution is 5.95. The molecule has 1 heterocycles. The van der Waals surface area contributed by atoms with Crippen molar-refractivity contribution in [2.24, 2.45) is 0 Å². The highest BCUT2D eigenvalue weighted by atomic mass is 16.1. The normalized spacial score (nSPS) is 18.2. The van der Waals surface area contributed by atoms with Gasteiger partial charge in [0.05, 0.1) is 17.4 Å². The number of rotatable bonds is 1. The summed E-state index contributed by atoms with van der Waals surface area (Å²) >= 11 is 0. The number of benzene rings is 2. The van der Waals surface area contributed by atoms with E-state index < -0.39 is 0 Å². The van der Waals surface area contributed by atoms with Crippen LogP contribution in [0.25, 0.3) is 0 Å². The zero-order valence-electron chi connectivity index (χ0n) is 11.5. The molecule has 1 atom stereocenters. The molecule has 2 aromatic carbocycles. The first-order chi connectivity index (χ1) is 9.72. The van der Waals surface area contributed by atoms with E-state index in [-0.39, 0.29) is 11.9 Å². The van der Waals surface area contributed by atoms with Crippen LogP contribution < -0.4 is 10.6 Å². The lowest BCUT2D eigenvalue weighted by Gasteiger charge is -2.25. The summed E-state index contributed by atoms with van der Waals surface area (Å²) in [5, 5.41) is 6.52. The maximum absolute atomic E-state index is 11.9. The Morgan fingerprint density at radius 1 is 1.05 bits per heavy atom. The molecular formula is C17H18N2O. The van der Waals surface area contributed by atoms with Crippen LogP contribution in [-0.4, -0.2) is 5.91 Å². The number of anilines is 2. The number of hydrogen-bond donors (Lipinski definition) is 2. The van der Waals surface area contributed by atoms with Crippen LogP contribution in [0, 0.1) is 6.92 Å². The number of fused-ring (bicyclic) bond motifs is 1. The van der Waals surface area contributed by atoms with Gasteiger partial charge in [-0.1, -0.05) is 36.4 Å². The van der Waals surface area contributed by atoms with Crippen molar-refractivity contribution < 1.29 is 4.79 Å². The van der Waals surface area contributed by atoms with Crippen molar-refractivity contribution in [2.75, 3.05) is 10.6 Å². The molecule has 0 saturated carbocycles. The molecule has 0 saturated heterocycles. The average Bonchev–Trinajstić information content (AvgIpc) is 2.45. The Morgan fingerprint density at radius 3 is 2.65 bits per heavy atom.